The maximum atomic E-state index is 5.59. The van der Waals surface area contributed by atoms with Crippen molar-refractivity contribution in [1.29, 1.82) is 0 Å². The predicted octanol–water partition coefficient (Wildman–Crippen LogP) is 9.95. The quantitative estimate of drug-likeness (QED) is 0.172. The van der Waals surface area contributed by atoms with E-state index in [1.165, 1.54) is 77.1 Å². The number of hydrogen-bond acceptors (Lipinski definition) is 3. The highest BCUT2D eigenvalue weighted by Crippen LogP contribution is 2.36. The van der Waals surface area contributed by atoms with Crippen molar-refractivity contribution >= 4 is 10.8 Å². The Balaban J connectivity index is 0.000000204. The Kier molecular flexibility index (Phi) is 11.2. The van der Waals surface area contributed by atoms with Crippen LogP contribution in [0.1, 0.15) is 79.8 Å². The number of benzene rings is 4. The molecule has 3 heteroatoms. The number of hydrogen-bond donors (Lipinski definition) is 0. The van der Waals surface area contributed by atoms with Crippen LogP contribution in [0.2, 0.25) is 0 Å². The van der Waals surface area contributed by atoms with Crippen LogP contribution >= 0.6 is 0 Å². The van der Waals surface area contributed by atoms with E-state index in [0.29, 0.717) is 12.1 Å². The molecular formula is C41H51NO2. The van der Waals surface area contributed by atoms with Crippen molar-refractivity contribution in [2.75, 3.05) is 20.8 Å². The molecule has 0 aromatic heterocycles. The Morgan fingerprint density at radius 3 is 2.14 bits per heavy atom. The fourth-order valence-electron chi connectivity index (χ4n) is 7.57. The average molecular weight is 590 g/mol. The van der Waals surface area contributed by atoms with Crippen LogP contribution < -0.4 is 9.47 Å². The molecule has 0 aliphatic heterocycles. The Morgan fingerprint density at radius 1 is 0.818 bits per heavy atom. The number of ether oxygens (including phenoxy) is 2. The SMILES string of the molecule is C=CCN([C@H]1CCc2c(cccc2OC)C1)[C@H](C)c1cccc2ccccc12.CCCC[C@H]1CCc2c(cccc2OC)C1. The number of nitrogens with zero attached hydrogens (tertiary/aromatic N) is 1. The fraction of sp³-hybridized carbons (Fsp3) is 0.415. The van der Waals surface area contributed by atoms with Crippen molar-refractivity contribution < 1.29 is 9.47 Å². The smallest absolute Gasteiger partial charge is 0.122 e. The number of fused-ring (bicyclic) bond motifs is 3. The summed E-state index contributed by atoms with van der Waals surface area (Å²) in [7, 11) is 3.55. The second-order valence-electron chi connectivity index (χ2n) is 12.6. The average Bonchev–Trinajstić information content (AvgIpc) is 3.08. The van der Waals surface area contributed by atoms with Gasteiger partial charge >= 0.3 is 0 Å². The van der Waals surface area contributed by atoms with E-state index < -0.39 is 0 Å². The zero-order valence-electron chi connectivity index (χ0n) is 27.4. The minimum atomic E-state index is 0.334. The van der Waals surface area contributed by atoms with Crippen molar-refractivity contribution in [3.63, 3.8) is 0 Å². The molecule has 0 N–H and O–H groups in total. The van der Waals surface area contributed by atoms with Crippen molar-refractivity contribution in [3.8, 4) is 11.5 Å². The molecule has 0 amide bonds. The van der Waals surface area contributed by atoms with Crippen LogP contribution in [-0.4, -0.2) is 31.7 Å². The Bertz CT molecular complexity index is 1520. The van der Waals surface area contributed by atoms with Crippen molar-refractivity contribution in [3.05, 3.63) is 119 Å². The van der Waals surface area contributed by atoms with Gasteiger partial charge in [-0.15, -0.1) is 6.58 Å². The van der Waals surface area contributed by atoms with Crippen molar-refractivity contribution in [1.82, 2.24) is 4.90 Å². The summed E-state index contributed by atoms with van der Waals surface area (Å²) in [4.78, 5) is 2.62. The first kappa shape index (κ1) is 31.9. The van der Waals surface area contributed by atoms with Gasteiger partial charge in [-0.25, -0.2) is 0 Å². The van der Waals surface area contributed by atoms with Crippen LogP contribution in [0.3, 0.4) is 0 Å². The second-order valence-corrected chi connectivity index (χ2v) is 12.6. The van der Waals surface area contributed by atoms with Gasteiger partial charge in [0.15, 0.2) is 0 Å². The molecule has 6 rings (SSSR count). The molecule has 4 aromatic carbocycles. The van der Waals surface area contributed by atoms with Crippen LogP contribution in [0, 0.1) is 5.92 Å². The molecule has 0 saturated heterocycles. The van der Waals surface area contributed by atoms with Gasteiger partial charge in [0, 0.05) is 18.6 Å². The molecule has 0 saturated carbocycles. The molecule has 2 aliphatic carbocycles. The first-order valence-electron chi connectivity index (χ1n) is 16.7. The lowest BCUT2D eigenvalue weighted by molar-refractivity contribution is 0.148. The van der Waals surface area contributed by atoms with Gasteiger partial charge in [-0.2, -0.15) is 0 Å². The molecule has 0 spiro atoms. The van der Waals surface area contributed by atoms with Gasteiger partial charge in [0.05, 0.1) is 14.2 Å². The van der Waals surface area contributed by atoms with E-state index in [1.807, 2.05) is 6.08 Å². The van der Waals surface area contributed by atoms with Crippen LogP contribution in [0.25, 0.3) is 10.8 Å². The van der Waals surface area contributed by atoms with E-state index in [1.54, 1.807) is 14.2 Å². The summed E-state index contributed by atoms with van der Waals surface area (Å²) in [5.74, 6) is 3.03. The highest BCUT2D eigenvalue weighted by molar-refractivity contribution is 5.86. The summed E-state index contributed by atoms with van der Waals surface area (Å²) < 4.78 is 11.0. The summed E-state index contributed by atoms with van der Waals surface area (Å²) in [5, 5.41) is 2.66. The third-order valence-corrected chi connectivity index (χ3v) is 9.94. The van der Waals surface area contributed by atoms with Crippen LogP contribution in [0.5, 0.6) is 11.5 Å². The first-order valence-corrected chi connectivity index (χ1v) is 16.7. The van der Waals surface area contributed by atoms with Crippen LogP contribution in [0.15, 0.2) is 91.5 Å². The van der Waals surface area contributed by atoms with Gasteiger partial charge < -0.3 is 9.47 Å². The number of unbranched alkanes of at least 4 members (excludes halogenated alkanes) is 1. The van der Waals surface area contributed by atoms with E-state index in [4.69, 9.17) is 9.47 Å². The Labute approximate surface area is 265 Å². The Hall–Kier alpha value is -3.56. The second kappa shape index (κ2) is 15.4. The van der Waals surface area contributed by atoms with E-state index in [2.05, 4.69) is 104 Å². The lowest BCUT2D eigenvalue weighted by atomic mass is 9.81. The van der Waals surface area contributed by atoms with E-state index in [-0.39, 0.29) is 0 Å². The number of rotatable bonds is 10. The molecule has 0 unspecified atom stereocenters. The molecule has 4 aromatic rings. The normalized spacial score (nSPS) is 18.0. The minimum Gasteiger partial charge on any atom is -0.496 e. The molecule has 0 heterocycles. The lowest BCUT2D eigenvalue weighted by Crippen LogP contribution is -2.41. The van der Waals surface area contributed by atoms with Gasteiger partial charge in [-0.3, -0.25) is 4.90 Å². The lowest BCUT2D eigenvalue weighted by Gasteiger charge is -2.39. The van der Waals surface area contributed by atoms with Crippen molar-refractivity contribution in [2.24, 2.45) is 5.92 Å². The van der Waals surface area contributed by atoms with E-state index in [0.717, 1.165) is 43.2 Å². The van der Waals surface area contributed by atoms with Crippen molar-refractivity contribution in [2.45, 2.75) is 83.7 Å². The number of methoxy groups -OCH3 is 2. The molecule has 232 valence electrons. The van der Waals surface area contributed by atoms with Gasteiger partial charge in [0.2, 0.25) is 0 Å². The molecule has 0 radical (unpaired) electrons. The summed E-state index contributed by atoms with van der Waals surface area (Å²) >= 11 is 0. The standard InChI is InChI=1S/C26H29NO.C15H22O/c1-4-17-27(19(2)23-13-7-10-20-9-5-6-12-24(20)23)22-15-16-25-21(18-22)11-8-14-26(25)28-3;1-3-4-6-12-9-10-14-13(11-12)7-5-8-15(14)16-2/h4-14,19,22H,1,15-18H2,2-3H3;5,7-8,12H,3-4,6,9-11H2,1-2H3/t19-,22+;12-/m10/s1. The topological polar surface area (TPSA) is 21.7 Å². The van der Waals surface area contributed by atoms with Crippen LogP contribution in [0.4, 0.5) is 0 Å². The molecule has 3 atom stereocenters. The summed E-state index contributed by atoms with van der Waals surface area (Å²) in [6.45, 7) is 9.56. The molecule has 0 fully saturated rings. The largest absolute Gasteiger partial charge is 0.496 e. The van der Waals surface area contributed by atoms with Gasteiger partial charge in [-0.1, -0.05) is 99.0 Å². The molecule has 0 bridgehead atoms. The predicted molar refractivity (Wildman–Crippen MR) is 186 cm³/mol. The highest BCUT2D eigenvalue weighted by Gasteiger charge is 2.29. The van der Waals surface area contributed by atoms with Gasteiger partial charge in [0.1, 0.15) is 11.5 Å². The monoisotopic (exact) mass is 589 g/mol. The zero-order valence-corrected chi connectivity index (χ0v) is 27.4. The van der Waals surface area contributed by atoms with Crippen LogP contribution in [-0.2, 0) is 25.7 Å². The maximum absolute atomic E-state index is 5.59. The maximum Gasteiger partial charge on any atom is 0.122 e. The summed E-state index contributed by atoms with van der Waals surface area (Å²) in [6.07, 6.45) is 13.2. The highest BCUT2D eigenvalue weighted by atomic mass is 16.5. The Morgan fingerprint density at radius 2 is 1.45 bits per heavy atom. The summed E-state index contributed by atoms with van der Waals surface area (Å²) in [5.41, 5.74) is 7.19. The molecule has 3 nitrogen and oxygen atoms in total. The zero-order chi connectivity index (χ0) is 30.9. The fourth-order valence-corrected chi connectivity index (χ4v) is 7.57. The third-order valence-electron chi connectivity index (χ3n) is 9.94. The first-order chi connectivity index (χ1) is 21.6. The van der Waals surface area contributed by atoms with Gasteiger partial charge in [-0.05, 0) is 102 Å². The molecule has 2 aliphatic rings. The van der Waals surface area contributed by atoms with E-state index in [9.17, 15) is 0 Å². The molecular weight excluding hydrogens is 538 g/mol. The van der Waals surface area contributed by atoms with Gasteiger partial charge in [0.25, 0.3) is 0 Å². The van der Waals surface area contributed by atoms with E-state index >= 15 is 0 Å². The third kappa shape index (κ3) is 7.21. The molecule has 44 heavy (non-hydrogen) atoms. The minimum absolute atomic E-state index is 0.334. The summed E-state index contributed by atoms with van der Waals surface area (Å²) in [6, 6.07) is 29.2.